The summed E-state index contributed by atoms with van der Waals surface area (Å²) in [6.45, 7) is 0. The van der Waals surface area contributed by atoms with Gasteiger partial charge >= 0.3 is 0 Å². The molecule has 0 bridgehead atoms. The highest BCUT2D eigenvalue weighted by atomic mass is 79.9. The maximum absolute atomic E-state index is 12.2. The molecule has 0 aliphatic heterocycles. The van der Waals surface area contributed by atoms with Crippen molar-refractivity contribution in [3.05, 3.63) is 52.0 Å². The van der Waals surface area contributed by atoms with Gasteiger partial charge in [-0.05, 0) is 30.3 Å². The van der Waals surface area contributed by atoms with Gasteiger partial charge < -0.3 is 5.32 Å². The van der Waals surface area contributed by atoms with Gasteiger partial charge in [0.15, 0.2) is 5.16 Å². The van der Waals surface area contributed by atoms with Crippen molar-refractivity contribution < 1.29 is 4.79 Å². The Morgan fingerprint density at radius 2 is 2.16 bits per heavy atom. The molecule has 1 amide bonds. The molecule has 0 unspecified atom stereocenters. The first-order valence-corrected chi connectivity index (χ1v) is 9.47. The van der Waals surface area contributed by atoms with Crippen molar-refractivity contribution in [3.8, 4) is 0 Å². The number of fused-ring (bicyclic) bond motifs is 3. The third-order valence-corrected chi connectivity index (χ3v) is 5.29. The fraction of sp³-hybridized carbons (Fsp3) is 0.0625. The first kappa shape index (κ1) is 16.4. The zero-order valence-corrected chi connectivity index (χ0v) is 15.8. The molecule has 0 saturated carbocycles. The van der Waals surface area contributed by atoms with Crippen LogP contribution in [0.5, 0.6) is 0 Å². The van der Waals surface area contributed by atoms with Gasteiger partial charge in [-0.3, -0.25) is 9.20 Å². The molecule has 2 aromatic carbocycles. The number of para-hydroxylation sites is 2. The van der Waals surface area contributed by atoms with E-state index in [9.17, 15) is 4.79 Å². The van der Waals surface area contributed by atoms with Crippen LogP contribution >= 0.6 is 39.3 Å². The normalized spacial score (nSPS) is 11.3. The molecular weight excluding hydrogens is 426 g/mol. The van der Waals surface area contributed by atoms with Crippen LogP contribution in [-0.2, 0) is 4.79 Å². The van der Waals surface area contributed by atoms with Crippen molar-refractivity contribution in [2.75, 3.05) is 11.1 Å². The van der Waals surface area contributed by atoms with Gasteiger partial charge in [-0.25, -0.2) is 10.1 Å². The highest BCUT2D eigenvalue weighted by molar-refractivity contribution is 9.10. The number of imidazole rings is 1. The van der Waals surface area contributed by atoms with Crippen LogP contribution in [0.25, 0.3) is 16.8 Å². The number of hydrogen-bond acceptors (Lipinski definition) is 4. The maximum Gasteiger partial charge on any atom is 0.234 e. The van der Waals surface area contributed by atoms with Gasteiger partial charge in [0, 0.05) is 4.47 Å². The van der Waals surface area contributed by atoms with E-state index in [-0.39, 0.29) is 11.7 Å². The number of H-pyrrole nitrogens is 1. The van der Waals surface area contributed by atoms with Crippen LogP contribution < -0.4 is 5.32 Å². The Morgan fingerprint density at radius 1 is 1.32 bits per heavy atom. The number of amides is 1. The number of anilines is 1. The molecule has 0 spiro atoms. The molecule has 2 aromatic heterocycles. The van der Waals surface area contributed by atoms with Crippen LogP contribution in [0, 0.1) is 0 Å². The molecule has 25 heavy (non-hydrogen) atoms. The summed E-state index contributed by atoms with van der Waals surface area (Å²) in [5, 5.41) is 11.1. The summed E-state index contributed by atoms with van der Waals surface area (Å²) in [4.78, 5) is 16.7. The summed E-state index contributed by atoms with van der Waals surface area (Å²) in [5.41, 5.74) is 2.41. The average molecular weight is 437 g/mol. The molecule has 6 nitrogen and oxygen atoms in total. The zero-order valence-electron chi connectivity index (χ0n) is 12.7. The van der Waals surface area contributed by atoms with Crippen molar-refractivity contribution in [2.24, 2.45) is 0 Å². The third kappa shape index (κ3) is 3.24. The second-order valence-electron chi connectivity index (χ2n) is 5.23. The summed E-state index contributed by atoms with van der Waals surface area (Å²) in [7, 11) is 0. The molecule has 126 valence electrons. The highest BCUT2D eigenvalue weighted by Crippen LogP contribution is 2.27. The van der Waals surface area contributed by atoms with E-state index in [1.165, 1.54) is 11.8 Å². The fourth-order valence-corrected chi connectivity index (χ4v) is 3.92. The molecule has 0 radical (unpaired) electrons. The summed E-state index contributed by atoms with van der Waals surface area (Å²) >= 11 is 10.8. The predicted molar refractivity (Wildman–Crippen MR) is 103 cm³/mol. The number of halogens is 2. The van der Waals surface area contributed by atoms with E-state index in [2.05, 4.69) is 36.4 Å². The van der Waals surface area contributed by atoms with Crippen molar-refractivity contribution >= 4 is 67.7 Å². The lowest BCUT2D eigenvalue weighted by atomic mass is 10.3. The number of nitrogens with zero attached hydrogens (tertiary/aromatic N) is 3. The summed E-state index contributed by atoms with van der Waals surface area (Å²) in [5.74, 6) is 0.702. The van der Waals surface area contributed by atoms with Crippen LogP contribution in [0.15, 0.2) is 52.1 Å². The molecule has 0 atom stereocenters. The standard InChI is InChI=1S/C16H11BrClN5OS/c17-9-5-6-11(10(18)7-9)19-14(24)8-25-16-22-21-15-20-12-3-1-2-4-13(12)23(15)16/h1-7H,8H2,(H,19,24)(H,20,21). The second-order valence-corrected chi connectivity index (χ2v) is 7.49. The van der Waals surface area contributed by atoms with Gasteiger partial charge in [-0.2, -0.15) is 0 Å². The molecule has 0 aliphatic carbocycles. The van der Waals surface area contributed by atoms with E-state index in [4.69, 9.17) is 11.6 Å². The number of rotatable bonds is 4. The second kappa shape index (κ2) is 6.70. The van der Waals surface area contributed by atoms with Gasteiger partial charge in [0.05, 0.1) is 27.5 Å². The fourth-order valence-electron chi connectivity index (χ4n) is 2.45. The lowest BCUT2D eigenvalue weighted by molar-refractivity contribution is -0.113. The number of nitrogens with one attached hydrogen (secondary N) is 2. The monoisotopic (exact) mass is 435 g/mol. The molecule has 2 N–H and O–H groups in total. The Labute approximate surface area is 160 Å². The van der Waals surface area contributed by atoms with Crippen molar-refractivity contribution in [1.29, 1.82) is 0 Å². The predicted octanol–water partition coefficient (Wildman–Crippen LogP) is 4.36. The van der Waals surface area contributed by atoms with Gasteiger partial charge in [-0.1, -0.05) is 51.4 Å². The molecule has 0 aliphatic rings. The van der Waals surface area contributed by atoms with Gasteiger partial charge in [0.25, 0.3) is 0 Å². The minimum Gasteiger partial charge on any atom is -0.324 e. The van der Waals surface area contributed by atoms with E-state index in [1.807, 2.05) is 34.7 Å². The molecular formula is C16H11BrClN5OS. The quantitative estimate of drug-likeness (QED) is 0.466. The lowest BCUT2D eigenvalue weighted by Gasteiger charge is -2.07. The van der Waals surface area contributed by atoms with Crippen LogP contribution in [0.1, 0.15) is 0 Å². The van der Waals surface area contributed by atoms with Crippen LogP contribution in [0.2, 0.25) is 5.02 Å². The average Bonchev–Trinajstić information content (AvgIpc) is 3.15. The smallest absolute Gasteiger partial charge is 0.234 e. The molecule has 4 aromatic rings. The van der Waals surface area contributed by atoms with E-state index in [0.29, 0.717) is 21.6 Å². The molecule has 0 saturated heterocycles. The number of thioether (sulfide) groups is 1. The first-order valence-electron chi connectivity index (χ1n) is 7.31. The molecule has 2 heterocycles. The molecule has 4 rings (SSSR count). The Bertz CT molecular complexity index is 1090. The van der Waals surface area contributed by atoms with Gasteiger partial charge in [-0.15, -0.1) is 5.10 Å². The number of carbonyl (C=O) groups is 1. The van der Waals surface area contributed by atoms with Crippen molar-refractivity contribution in [3.63, 3.8) is 0 Å². The Hall–Kier alpha value is -2.03. The highest BCUT2D eigenvalue weighted by Gasteiger charge is 2.14. The van der Waals surface area contributed by atoms with Crippen LogP contribution in [-0.4, -0.2) is 31.2 Å². The Kier molecular flexibility index (Phi) is 4.41. The number of aromatic nitrogens is 4. The van der Waals surface area contributed by atoms with Crippen LogP contribution in [0.3, 0.4) is 0 Å². The van der Waals surface area contributed by atoms with E-state index < -0.39 is 0 Å². The minimum absolute atomic E-state index is 0.158. The summed E-state index contributed by atoms with van der Waals surface area (Å²) in [6.07, 6.45) is 0. The van der Waals surface area contributed by atoms with Crippen molar-refractivity contribution in [1.82, 2.24) is 19.6 Å². The van der Waals surface area contributed by atoms with Gasteiger partial charge in [0.2, 0.25) is 11.7 Å². The summed E-state index contributed by atoms with van der Waals surface area (Å²) in [6, 6.07) is 13.1. The molecule has 9 heteroatoms. The Balaban J connectivity index is 1.51. The van der Waals surface area contributed by atoms with E-state index in [1.54, 1.807) is 12.1 Å². The van der Waals surface area contributed by atoms with Crippen molar-refractivity contribution in [2.45, 2.75) is 5.16 Å². The number of carbonyl (C=O) groups excluding carboxylic acids is 1. The molecule has 0 fully saturated rings. The first-order chi connectivity index (χ1) is 12.1. The number of aromatic amines is 1. The van der Waals surface area contributed by atoms with Crippen LogP contribution in [0.4, 0.5) is 5.69 Å². The third-order valence-electron chi connectivity index (χ3n) is 3.54. The van der Waals surface area contributed by atoms with E-state index >= 15 is 0 Å². The Morgan fingerprint density at radius 3 is 3.00 bits per heavy atom. The SMILES string of the molecule is O=C(CSc1n[nH]c2nc3ccccc3n12)Nc1ccc(Br)cc1Cl. The van der Waals surface area contributed by atoms with E-state index in [0.717, 1.165) is 15.5 Å². The maximum atomic E-state index is 12.2. The minimum atomic E-state index is -0.158. The van der Waals surface area contributed by atoms with Gasteiger partial charge in [0.1, 0.15) is 0 Å². The number of benzene rings is 2. The lowest BCUT2D eigenvalue weighted by Crippen LogP contribution is -2.14. The number of hydrogen-bond donors (Lipinski definition) is 2. The zero-order chi connectivity index (χ0) is 17.4. The summed E-state index contributed by atoms with van der Waals surface area (Å²) < 4.78 is 2.76. The largest absolute Gasteiger partial charge is 0.324 e. The topological polar surface area (TPSA) is 75.1 Å².